The standard InChI is InChI=1S/C13H28N2O2/c1-6-7-8-17-13(16)9-14-12(11(2)3)10-15(4)5/h11-12,14H,6-10H2,1-5H3. The van der Waals surface area contributed by atoms with Crippen LogP contribution in [0.3, 0.4) is 0 Å². The fraction of sp³-hybridized carbons (Fsp3) is 0.923. The normalized spacial score (nSPS) is 13.1. The van der Waals surface area contributed by atoms with E-state index < -0.39 is 0 Å². The molecule has 1 atom stereocenters. The molecule has 102 valence electrons. The predicted octanol–water partition coefficient (Wildman–Crippen LogP) is 1.51. The number of esters is 1. The number of nitrogens with zero attached hydrogens (tertiary/aromatic N) is 1. The summed E-state index contributed by atoms with van der Waals surface area (Å²) in [6, 6.07) is 0.323. The number of hydrogen-bond acceptors (Lipinski definition) is 4. The summed E-state index contributed by atoms with van der Waals surface area (Å²) in [7, 11) is 4.08. The van der Waals surface area contributed by atoms with Crippen LogP contribution in [0.2, 0.25) is 0 Å². The Labute approximate surface area is 106 Å². The Hall–Kier alpha value is -0.610. The third-order valence-corrected chi connectivity index (χ3v) is 2.64. The van der Waals surface area contributed by atoms with Gasteiger partial charge in [-0.1, -0.05) is 27.2 Å². The molecule has 0 aromatic rings. The van der Waals surface area contributed by atoms with Gasteiger partial charge < -0.3 is 15.0 Å². The molecule has 17 heavy (non-hydrogen) atoms. The van der Waals surface area contributed by atoms with Crippen LogP contribution in [0.4, 0.5) is 0 Å². The molecule has 0 spiro atoms. The van der Waals surface area contributed by atoms with E-state index in [1.54, 1.807) is 0 Å². The molecule has 0 saturated heterocycles. The van der Waals surface area contributed by atoms with Crippen LogP contribution in [0.5, 0.6) is 0 Å². The number of rotatable bonds is 9. The zero-order valence-electron chi connectivity index (χ0n) is 12.0. The van der Waals surface area contributed by atoms with E-state index in [0.29, 0.717) is 25.1 Å². The van der Waals surface area contributed by atoms with Gasteiger partial charge in [-0.3, -0.25) is 4.79 Å². The second kappa shape index (κ2) is 9.42. The second-order valence-electron chi connectivity index (χ2n) is 5.07. The van der Waals surface area contributed by atoms with E-state index >= 15 is 0 Å². The summed E-state index contributed by atoms with van der Waals surface area (Å²) < 4.78 is 5.10. The minimum Gasteiger partial charge on any atom is -0.465 e. The molecule has 4 nitrogen and oxygen atoms in total. The van der Waals surface area contributed by atoms with Crippen molar-refractivity contribution in [3.05, 3.63) is 0 Å². The van der Waals surface area contributed by atoms with Crippen molar-refractivity contribution in [2.45, 2.75) is 39.7 Å². The maximum atomic E-state index is 11.4. The van der Waals surface area contributed by atoms with Crippen molar-refractivity contribution >= 4 is 5.97 Å². The average molecular weight is 244 g/mol. The minimum atomic E-state index is -0.150. The lowest BCUT2D eigenvalue weighted by Gasteiger charge is -2.25. The highest BCUT2D eigenvalue weighted by Gasteiger charge is 2.15. The number of likely N-dealkylation sites (N-methyl/N-ethyl adjacent to an activating group) is 1. The van der Waals surface area contributed by atoms with E-state index in [4.69, 9.17) is 4.74 Å². The summed E-state index contributed by atoms with van der Waals surface area (Å²) in [5.41, 5.74) is 0. The third kappa shape index (κ3) is 9.12. The van der Waals surface area contributed by atoms with Crippen molar-refractivity contribution in [1.82, 2.24) is 10.2 Å². The molecule has 0 radical (unpaired) electrons. The summed E-state index contributed by atoms with van der Waals surface area (Å²) in [6.45, 7) is 8.17. The SMILES string of the molecule is CCCCOC(=O)CNC(CN(C)C)C(C)C. The van der Waals surface area contributed by atoms with Crippen molar-refractivity contribution < 1.29 is 9.53 Å². The van der Waals surface area contributed by atoms with Gasteiger partial charge in [-0.15, -0.1) is 0 Å². The molecule has 4 heteroatoms. The van der Waals surface area contributed by atoms with Gasteiger partial charge in [0.15, 0.2) is 0 Å². The molecule has 0 aliphatic carbocycles. The van der Waals surface area contributed by atoms with Gasteiger partial charge in [0, 0.05) is 12.6 Å². The van der Waals surface area contributed by atoms with Crippen LogP contribution in [0.25, 0.3) is 0 Å². The van der Waals surface area contributed by atoms with Crippen LogP contribution < -0.4 is 5.32 Å². The van der Waals surface area contributed by atoms with Crippen molar-refractivity contribution in [2.75, 3.05) is 33.8 Å². The highest BCUT2D eigenvalue weighted by atomic mass is 16.5. The number of carbonyl (C=O) groups excluding carboxylic acids is 1. The molecule has 0 fully saturated rings. The van der Waals surface area contributed by atoms with Crippen molar-refractivity contribution in [2.24, 2.45) is 5.92 Å². The monoisotopic (exact) mass is 244 g/mol. The van der Waals surface area contributed by atoms with E-state index in [0.717, 1.165) is 19.4 Å². The Morgan fingerprint density at radius 1 is 1.35 bits per heavy atom. The van der Waals surface area contributed by atoms with Crippen molar-refractivity contribution in [3.63, 3.8) is 0 Å². The van der Waals surface area contributed by atoms with Crippen molar-refractivity contribution in [1.29, 1.82) is 0 Å². The molecule has 1 unspecified atom stereocenters. The lowest BCUT2D eigenvalue weighted by atomic mass is 10.0. The maximum Gasteiger partial charge on any atom is 0.319 e. The molecule has 0 bridgehead atoms. The Kier molecular flexibility index (Phi) is 9.09. The van der Waals surface area contributed by atoms with Gasteiger partial charge >= 0.3 is 5.97 Å². The lowest BCUT2D eigenvalue weighted by molar-refractivity contribution is -0.142. The van der Waals surface area contributed by atoms with Crippen LogP contribution in [-0.2, 0) is 9.53 Å². The average Bonchev–Trinajstić information content (AvgIpc) is 2.23. The first-order valence-corrected chi connectivity index (χ1v) is 6.51. The number of ether oxygens (including phenoxy) is 1. The first kappa shape index (κ1) is 16.4. The Morgan fingerprint density at radius 2 is 2.00 bits per heavy atom. The molecule has 0 rings (SSSR count). The van der Waals surface area contributed by atoms with Crippen LogP contribution >= 0.6 is 0 Å². The topological polar surface area (TPSA) is 41.6 Å². The summed E-state index contributed by atoms with van der Waals surface area (Å²) in [6.07, 6.45) is 1.99. The Morgan fingerprint density at radius 3 is 2.47 bits per heavy atom. The fourth-order valence-electron chi connectivity index (χ4n) is 1.50. The number of carbonyl (C=O) groups is 1. The third-order valence-electron chi connectivity index (χ3n) is 2.64. The molecule has 0 saturated carbocycles. The predicted molar refractivity (Wildman–Crippen MR) is 71.0 cm³/mol. The highest BCUT2D eigenvalue weighted by molar-refractivity contribution is 5.71. The summed E-state index contributed by atoms with van der Waals surface area (Å²) in [5, 5.41) is 3.26. The highest BCUT2D eigenvalue weighted by Crippen LogP contribution is 2.02. The maximum absolute atomic E-state index is 11.4. The van der Waals surface area contributed by atoms with E-state index in [9.17, 15) is 4.79 Å². The van der Waals surface area contributed by atoms with Gasteiger partial charge in [0.2, 0.25) is 0 Å². The number of hydrogen-bond donors (Lipinski definition) is 1. The van der Waals surface area contributed by atoms with Crippen LogP contribution in [-0.4, -0.2) is 50.7 Å². The largest absolute Gasteiger partial charge is 0.465 e. The van der Waals surface area contributed by atoms with Gasteiger partial charge in [-0.25, -0.2) is 0 Å². The van der Waals surface area contributed by atoms with Crippen LogP contribution in [0.15, 0.2) is 0 Å². The molecule has 1 N–H and O–H groups in total. The molecule has 0 aliphatic rings. The van der Waals surface area contributed by atoms with Gasteiger partial charge in [-0.05, 0) is 26.4 Å². The molecular formula is C13H28N2O2. The minimum absolute atomic E-state index is 0.150. The molecule has 0 amide bonds. The first-order chi connectivity index (χ1) is 7.97. The summed E-state index contributed by atoms with van der Waals surface area (Å²) in [5.74, 6) is 0.351. The van der Waals surface area contributed by atoms with E-state index in [-0.39, 0.29) is 5.97 Å². The van der Waals surface area contributed by atoms with Gasteiger partial charge in [-0.2, -0.15) is 0 Å². The van der Waals surface area contributed by atoms with E-state index in [2.05, 4.69) is 31.0 Å². The number of unbranched alkanes of at least 4 members (excludes halogenated alkanes) is 1. The molecule has 0 aromatic heterocycles. The summed E-state index contributed by atoms with van der Waals surface area (Å²) >= 11 is 0. The molecular weight excluding hydrogens is 216 g/mol. The van der Waals surface area contributed by atoms with Crippen LogP contribution in [0.1, 0.15) is 33.6 Å². The molecule has 0 heterocycles. The van der Waals surface area contributed by atoms with Gasteiger partial charge in [0.25, 0.3) is 0 Å². The van der Waals surface area contributed by atoms with Gasteiger partial charge in [0.05, 0.1) is 13.2 Å². The zero-order valence-corrected chi connectivity index (χ0v) is 12.0. The Bertz CT molecular complexity index is 206. The smallest absolute Gasteiger partial charge is 0.319 e. The number of nitrogens with one attached hydrogen (secondary N) is 1. The second-order valence-corrected chi connectivity index (χ2v) is 5.07. The zero-order chi connectivity index (χ0) is 13.3. The molecule has 0 aliphatic heterocycles. The van der Waals surface area contributed by atoms with E-state index in [1.807, 2.05) is 14.1 Å². The lowest BCUT2D eigenvalue weighted by Crippen LogP contribution is -2.44. The Balaban J connectivity index is 3.83. The quantitative estimate of drug-likeness (QED) is 0.493. The van der Waals surface area contributed by atoms with Gasteiger partial charge in [0.1, 0.15) is 0 Å². The van der Waals surface area contributed by atoms with Crippen molar-refractivity contribution in [3.8, 4) is 0 Å². The summed E-state index contributed by atoms with van der Waals surface area (Å²) in [4.78, 5) is 13.6. The van der Waals surface area contributed by atoms with Crippen LogP contribution in [0, 0.1) is 5.92 Å². The van der Waals surface area contributed by atoms with E-state index in [1.165, 1.54) is 0 Å². The fourth-order valence-corrected chi connectivity index (χ4v) is 1.50. The first-order valence-electron chi connectivity index (χ1n) is 6.51. The molecule has 0 aromatic carbocycles.